The highest BCUT2D eigenvalue weighted by molar-refractivity contribution is 6.33. The fourth-order valence-electron chi connectivity index (χ4n) is 2.32. The molecule has 4 nitrogen and oxygen atoms in total. The van der Waals surface area contributed by atoms with E-state index in [1.165, 1.54) is 6.92 Å². The Hall–Kier alpha value is -2.72. The van der Waals surface area contributed by atoms with E-state index in [-0.39, 0.29) is 5.91 Å². The molecule has 0 fully saturated rings. The van der Waals surface area contributed by atoms with Gasteiger partial charge in [-0.2, -0.15) is 0 Å². The van der Waals surface area contributed by atoms with E-state index in [1.807, 2.05) is 24.3 Å². The lowest BCUT2D eigenvalue weighted by atomic mass is 10.0. The molecular formula is C18H14ClN3O. The summed E-state index contributed by atoms with van der Waals surface area (Å²) in [5.74, 6) is -0.123. The second-order valence-corrected chi connectivity index (χ2v) is 5.48. The molecule has 0 radical (unpaired) electrons. The van der Waals surface area contributed by atoms with Crippen LogP contribution in [0.2, 0.25) is 5.02 Å². The molecule has 0 atom stereocenters. The van der Waals surface area contributed by atoms with Gasteiger partial charge < -0.3 is 5.32 Å². The van der Waals surface area contributed by atoms with Gasteiger partial charge in [0.1, 0.15) is 0 Å². The minimum atomic E-state index is -0.123. The summed E-state index contributed by atoms with van der Waals surface area (Å²) in [5.41, 5.74) is 4.42. The first-order chi connectivity index (χ1) is 11.1. The number of halogens is 1. The van der Waals surface area contributed by atoms with Gasteiger partial charge in [-0.1, -0.05) is 11.6 Å². The standard InChI is InChI=1S/C18H14ClN3O/c1-12(23)22-16-2-3-18(19)17(9-16)15-8-14(10-21-11-15)13-4-6-20-7-5-13/h2-11H,1H3,(H,22,23). The molecule has 2 aromatic heterocycles. The van der Waals surface area contributed by atoms with Crippen molar-refractivity contribution in [2.45, 2.75) is 6.92 Å². The van der Waals surface area contributed by atoms with Gasteiger partial charge in [-0.3, -0.25) is 14.8 Å². The van der Waals surface area contributed by atoms with E-state index in [2.05, 4.69) is 15.3 Å². The zero-order valence-electron chi connectivity index (χ0n) is 12.5. The van der Waals surface area contributed by atoms with Crippen molar-refractivity contribution in [1.82, 2.24) is 9.97 Å². The molecule has 0 bridgehead atoms. The molecule has 0 aliphatic heterocycles. The summed E-state index contributed by atoms with van der Waals surface area (Å²) in [6.07, 6.45) is 7.03. The van der Waals surface area contributed by atoms with Crippen molar-refractivity contribution in [1.29, 1.82) is 0 Å². The topological polar surface area (TPSA) is 54.9 Å². The molecule has 5 heteroatoms. The van der Waals surface area contributed by atoms with E-state index in [9.17, 15) is 4.79 Å². The summed E-state index contributed by atoms with van der Waals surface area (Å²) < 4.78 is 0. The summed E-state index contributed by atoms with van der Waals surface area (Å²) in [5, 5.41) is 3.37. The van der Waals surface area contributed by atoms with Crippen molar-refractivity contribution in [2.24, 2.45) is 0 Å². The molecule has 2 heterocycles. The van der Waals surface area contributed by atoms with Crippen molar-refractivity contribution >= 4 is 23.2 Å². The molecule has 23 heavy (non-hydrogen) atoms. The average molecular weight is 324 g/mol. The number of anilines is 1. The third-order valence-corrected chi connectivity index (χ3v) is 3.68. The van der Waals surface area contributed by atoms with E-state index in [0.717, 1.165) is 22.3 Å². The predicted molar refractivity (Wildman–Crippen MR) is 92.2 cm³/mol. The molecular weight excluding hydrogens is 310 g/mol. The lowest BCUT2D eigenvalue weighted by molar-refractivity contribution is -0.114. The third-order valence-electron chi connectivity index (χ3n) is 3.35. The number of benzene rings is 1. The lowest BCUT2D eigenvalue weighted by Gasteiger charge is -2.10. The van der Waals surface area contributed by atoms with Gasteiger partial charge in [0, 0.05) is 59.1 Å². The molecule has 0 saturated carbocycles. The van der Waals surface area contributed by atoms with Crippen molar-refractivity contribution in [3.05, 3.63) is 66.2 Å². The van der Waals surface area contributed by atoms with Crippen LogP contribution in [0, 0.1) is 0 Å². The van der Waals surface area contributed by atoms with Crippen LogP contribution in [0.25, 0.3) is 22.3 Å². The molecule has 3 aromatic rings. The quantitative estimate of drug-likeness (QED) is 0.776. The Labute approximate surface area is 139 Å². The Balaban J connectivity index is 2.04. The molecule has 1 N–H and O–H groups in total. The number of nitrogens with one attached hydrogen (secondary N) is 1. The van der Waals surface area contributed by atoms with Gasteiger partial charge >= 0.3 is 0 Å². The van der Waals surface area contributed by atoms with Crippen LogP contribution >= 0.6 is 11.6 Å². The molecule has 3 rings (SSSR count). The number of amides is 1. The van der Waals surface area contributed by atoms with Crippen molar-refractivity contribution in [3.63, 3.8) is 0 Å². The SMILES string of the molecule is CC(=O)Nc1ccc(Cl)c(-c2cncc(-c3ccncc3)c2)c1. The maximum atomic E-state index is 11.2. The van der Waals surface area contributed by atoms with Crippen molar-refractivity contribution in [3.8, 4) is 22.3 Å². The Kier molecular flexibility index (Phi) is 4.35. The number of carbonyl (C=O) groups is 1. The second-order valence-electron chi connectivity index (χ2n) is 5.07. The Morgan fingerprint density at radius 1 is 0.957 bits per heavy atom. The van der Waals surface area contributed by atoms with E-state index in [1.54, 1.807) is 36.9 Å². The molecule has 114 valence electrons. The van der Waals surface area contributed by atoms with Gasteiger partial charge in [0.2, 0.25) is 5.91 Å². The summed E-state index contributed by atoms with van der Waals surface area (Å²) >= 11 is 6.32. The molecule has 0 aliphatic carbocycles. The lowest BCUT2D eigenvalue weighted by Crippen LogP contribution is -2.05. The van der Waals surface area contributed by atoms with Crippen LogP contribution < -0.4 is 5.32 Å². The van der Waals surface area contributed by atoms with E-state index < -0.39 is 0 Å². The highest BCUT2D eigenvalue weighted by Gasteiger charge is 2.08. The normalized spacial score (nSPS) is 10.3. The number of rotatable bonds is 3. The summed E-state index contributed by atoms with van der Waals surface area (Å²) in [6, 6.07) is 11.2. The molecule has 0 unspecified atom stereocenters. The Morgan fingerprint density at radius 2 is 1.70 bits per heavy atom. The van der Waals surface area contributed by atoms with Crippen LogP contribution in [0.5, 0.6) is 0 Å². The number of nitrogens with zero attached hydrogens (tertiary/aromatic N) is 2. The second kappa shape index (κ2) is 6.58. The molecule has 0 spiro atoms. The van der Waals surface area contributed by atoms with Crippen LogP contribution in [0.1, 0.15) is 6.92 Å². The number of aromatic nitrogens is 2. The number of carbonyl (C=O) groups excluding carboxylic acids is 1. The third kappa shape index (κ3) is 3.55. The van der Waals surface area contributed by atoms with Gasteiger partial charge in [0.15, 0.2) is 0 Å². The largest absolute Gasteiger partial charge is 0.326 e. The molecule has 0 saturated heterocycles. The van der Waals surface area contributed by atoms with Crippen LogP contribution in [-0.2, 0) is 4.79 Å². The first kappa shape index (κ1) is 15.2. The number of hydrogen-bond acceptors (Lipinski definition) is 3. The van der Waals surface area contributed by atoms with Crippen LogP contribution in [-0.4, -0.2) is 15.9 Å². The van der Waals surface area contributed by atoms with Crippen LogP contribution in [0.4, 0.5) is 5.69 Å². The summed E-state index contributed by atoms with van der Waals surface area (Å²) in [4.78, 5) is 19.5. The maximum absolute atomic E-state index is 11.2. The van der Waals surface area contributed by atoms with Crippen LogP contribution in [0.15, 0.2) is 61.2 Å². The highest BCUT2D eigenvalue weighted by atomic mass is 35.5. The predicted octanol–water partition coefficient (Wildman–Crippen LogP) is 4.42. The van der Waals surface area contributed by atoms with Crippen molar-refractivity contribution < 1.29 is 4.79 Å². The van der Waals surface area contributed by atoms with Crippen LogP contribution in [0.3, 0.4) is 0 Å². The van der Waals surface area contributed by atoms with E-state index in [0.29, 0.717) is 10.7 Å². The first-order valence-corrected chi connectivity index (χ1v) is 7.44. The Bertz CT molecular complexity index is 850. The van der Waals surface area contributed by atoms with E-state index >= 15 is 0 Å². The molecule has 0 aliphatic rings. The van der Waals surface area contributed by atoms with Crippen molar-refractivity contribution in [2.75, 3.05) is 5.32 Å². The minimum Gasteiger partial charge on any atom is -0.326 e. The van der Waals surface area contributed by atoms with E-state index in [4.69, 9.17) is 11.6 Å². The van der Waals surface area contributed by atoms with Gasteiger partial charge in [-0.15, -0.1) is 0 Å². The first-order valence-electron chi connectivity index (χ1n) is 7.06. The zero-order valence-corrected chi connectivity index (χ0v) is 13.2. The maximum Gasteiger partial charge on any atom is 0.221 e. The van der Waals surface area contributed by atoms with Gasteiger partial charge in [-0.05, 0) is 42.0 Å². The molecule has 1 amide bonds. The fraction of sp³-hybridized carbons (Fsp3) is 0.0556. The summed E-state index contributed by atoms with van der Waals surface area (Å²) in [7, 11) is 0. The highest BCUT2D eigenvalue weighted by Crippen LogP contribution is 2.32. The van der Waals surface area contributed by atoms with Gasteiger partial charge in [0.25, 0.3) is 0 Å². The minimum absolute atomic E-state index is 0.123. The smallest absolute Gasteiger partial charge is 0.221 e. The Morgan fingerprint density at radius 3 is 2.43 bits per heavy atom. The monoisotopic (exact) mass is 323 g/mol. The van der Waals surface area contributed by atoms with Gasteiger partial charge in [-0.25, -0.2) is 0 Å². The number of pyridine rings is 2. The molecule has 1 aromatic carbocycles. The average Bonchev–Trinajstić information content (AvgIpc) is 2.57. The summed E-state index contributed by atoms with van der Waals surface area (Å²) in [6.45, 7) is 1.47. The fourth-order valence-corrected chi connectivity index (χ4v) is 2.54. The number of hydrogen-bond donors (Lipinski definition) is 1. The van der Waals surface area contributed by atoms with Gasteiger partial charge in [0.05, 0.1) is 0 Å². The zero-order chi connectivity index (χ0) is 16.2.